The topological polar surface area (TPSA) is 50.9 Å². The lowest BCUT2D eigenvalue weighted by molar-refractivity contribution is 0.742. The molecule has 12 heavy (non-hydrogen) atoms. The van der Waals surface area contributed by atoms with Gasteiger partial charge in [0, 0.05) is 6.54 Å². The number of hydrazine groups is 1. The van der Waals surface area contributed by atoms with Crippen LogP contribution in [0, 0.1) is 0 Å². The van der Waals surface area contributed by atoms with E-state index in [2.05, 4.69) is 22.5 Å². The molecule has 0 spiro atoms. The number of rotatable bonds is 2. The zero-order valence-electron chi connectivity index (χ0n) is 6.45. The summed E-state index contributed by atoms with van der Waals surface area (Å²) in [6.07, 6.45) is 0. The lowest BCUT2D eigenvalue weighted by Crippen LogP contribution is -2.20. The number of nitrogens with two attached hydrogens (primary N) is 1. The van der Waals surface area contributed by atoms with Crippen molar-refractivity contribution in [3.05, 3.63) is 29.3 Å². The molecule has 0 amide bonds. The molecule has 2 aromatic rings. The molecule has 1 aromatic carbocycles. The highest BCUT2D eigenvalue weighted by Crippen LogP contribution is 2.18. The monoisotopic (exact) mass is 179 g/mol. The summed E-state index contributed by atoms with van der Waals surface area (Å²) in [4.78, 5) is 4.21. The Balaban J connectivity index is 2.46. The van der Waals surface area contributed by atoms with E-state index in [1.165, 1.54) is 4.70 Å². The summed E-state index contributed by atoms with van der Waals surface area (Å²) < 4.78 is 1.22. The Morgan fingerprint density at radius 1 is 1.50 bits per heavy atom. The molecule has 3 N–H and O–H groups in total. The first-order chi connectivity index (χ1) is 5.90. The fourth-order valence-corrected chi connectivity index (χ4v) is 1.79. The Morgan fingerprint density at radius 3 is 3.25 bits per heavy atom. The fraction of sp³-hybridized carbons (Fsp3) is 0.125. The second-order valence-electron chi connectivity index (χ2n) is 2.54. The van der Waals surface area contributed by atoms with Gasteiger partial charge in [-0.3, -0.25) is 11.3 Å². The largest absolute Gasteiger partial charge is 0.271 e. The highest BCUT2D eigenvalue weighted by Gasteiger charge is 1.97. The third-order valence-corrected chi connectivity index (χ3v) is 2.51. The number of benzene rings is 1. The van der Waals surface area contributed by atoms with Gasteiger partial charge in [-0.1, -0.05) is 6.07 Å². The standard InChI is InChI=1S/C8H9N3S/c9-11-4-6-1-2-8-7(3-6)10-5-12-8/h1-3,5,11H,4,9H2. The Labute approximate surface area is 74.2 Å². The maximum absolute atomic E-state index is 5.21. The van der Waals surface area contributed by atoms with Gasteiger partial charge in [0.15, 0.2) is 0 Å². The molecule has 3 nitrogen and oxygen atoms in total. The molecule has 1 heterocycles. The second-order valence-corrected chi connectivity index (χ2v) is 3.42. The van der Waals surface area contributed by atoms with Crippen molar-refractivity contribution in [2.75, 3.05) is 0 Å². The molecule has 0 saturated carbocycles. The van der Waals surface area contributed by atoms with E-state index in [0.717, 1.165) is 11.1 Å². The van der Waals surface area contributed by atoms with Gasteiger partial charge in [-0.25, -0.2) is 4.98 Å². The molecular formula is C8H9N3S. The summed E-state index contributed by atoms with van der Waals surface area (Å²) in [6.45, 7) is 0.688. The van der Waals surface area contributed by atoms with Crippen molar-refractivity contribution in [3.63, 3.8) is 0 Å². The van der Waals surface area contributed by atoms with Gasteiger partial charge >= 0.3 is 0 Å². The Kier molecular flexibility index (Phi) is 2.03. The van der Waals surface area contributed by atoms with Crippen molar-refractivity contribution in [2.24, 2.45) is 5.84 Å². The van der Waals surface area contributed by atoms with E-state index in [-0.39, 0.29) is 0 Å². The van der Waals surface area contributed by atoms with Crippen LogP contribution < -0.4 is 11.3 Å². The molecule has 0 bridgehead atoms. The van der Waals surface area contributed by atoms with Crippen LogP contribution in [-0.4, -0.2) is 4.98 Å². The quantitative estimate of drug-likeness (QED) is 0.539. The van der Waals surface area contributed by atoms with E-state index in [0.29, 0.717) is 6.54 Å². The minimum atomic E-state index is 0.688. The second kappa shape index (κ2) is 3.18. The lowest BCUT2D eigenvalue weighted by atomic mass is 10.2. The summed E-state index contributed by atoms with van der Waals surface area (Å²) in [7, 11) is 0. The first kappa shape index (κ1) is 7.67. The average molecular weight is 179 g/mol. The van der Waals surface area contributed by atoms with Crippen LogP contribution >= 0.6 is 11.3 Å². The third kappa shape index (κ3) is 1.32. The molecule has 0 aliphatic carbocycles. The van der Waals surface area contributed by atoms with Crippen molar-refractivity contribution in [1.29, 1.82) is 0 Å². The zero-order chi connectivity index (χ0) is 8.39. The average Bonchev–Trinajstić information content (AvgIpc) is 2.51. The fourth-order valence-electron chi connectivity index (χ4n) is 1.13. The van der Waals surface area contributed by atoms with Gasteiger partial charge in [-0.2, -0.15) is 0 Å². The van der Waals surface area contributed by atoms with Crippen molar-refractivity contribution < 1.29 is 0 Å². The van der Waals surface area contributed by atoms with Gasteiger partial charge in [0.25, 0.3) is 0 Å². The number of fused-ring (bicyclic) bond motifs is 1. The molecule has 2 rings (SSSR count). The minimum absolute atomic E-state index is 0.688. The first-order valence-corrected chi connectivity index (χ1v) is 4.54. The minimum Gasteiger partial charge on any atom is -0.271 e. The molecule has 0 saturated heterocycles. The molecule has 0 aliphatic heterocycles. The van der Waals surface area contributed by atoms with Crippen LogP contribution in [0.4, 0.5) is 0 Å². The van der Waals surface area contributed by atoms with E-state index >= 15 is 0 Å². The van der Waals surface area contributed by atoms with Crippen LogP contribution in [0.2, 0.25) is 0 Å². The lowest BCUT2D eigenvalue weighted by Gasteiger charge is -1.97. The summed E-state index contributed by atoms with van der Waals surface area (Å²) in [5, 5.41) is 0. The third-order valence-electron chi connectivity index (χ3n) is 1.70. The maximum atomic E-state index is 5.21. The van der Waals surface area contributed by atoms with Gasteiger partial charge in [0.05, 0.1) is 15.7 Å². The van der Waals surface area contributed by atoms with Crippen LogP contribution in [0.1, 0.15) is 5.56 Å². The molecule has 0 radical (unpaired) electrons. The first-order valence-electron chi connectivity index (χ1n) is 3.66. The Bertz CT molecular complexity index is 382. The number of thiazole rings is 1. The highest BCUT2D eigenvalue weighted by molar-refractivity contribution is 7.16. The van der Waals surface area contributed by atoms with Gasteiger partial charge < -0.3 is 0 Å². The molecule has 0 atom stereocenters. The molecule has 1 aromatic heterocycles. The van der Waals surface area contributed by atoms with Crippen LogP contribution in [0.5, 0.6) is 0 Å². The SMILES string of the molecule is NNCc1ccc2scnc2c1. The number of aromatic nitrogens is 1. The number of nitrogens with one attached hydrogen (secondary N) is 1. The predicted octanol–water partition coefficient (Wildman–Crippen LogP) is 1.26. The van der Waals surface area contributed by atoms with Crippen molar-refractivity contribution in [2.45, 2.75) is 6.54 Å². The molecule has 4 heteroatoms. The van der Waals surface area contributed by atoms with Crippen molar-refractivity contribution in [3.8, 4) is 0 Å². The van der Waals surface area contributed by atoms with Crippen molar-refractivity contribution >= 4 is 21.6 Å². The number of nitrogens with zero attached hydrogens (tertiary/aromatic N) is 1. The summed E-state index contributed by atoms with van der Waals surface area (Å²) in [5.74, 6) is 5.21. The molecular weight excluding hydrogens is 170 g/mol. The van der Waals surface area contributed by atoms with E-state index in [1.54, 1.807) is 11.3 Å². The van der Waals surface area contributed by atoms with Gasteiger partial charge in [-0.05, 0) is 17.7 Å². The van der Waals surface area contributed by atoms with Gasteiger partial charge in [-0.15, -0.1) is 11.3 Å². The molecule has 0 aliphatic rings. The predicted molar refractivity (Wildman–Crippen MR) is 50.6 cm³/mol. The Morgan fingerprint density at radius 2 is 2.42 bits per heavy atom. The van der Waals surface area contributed by atoms with Crippen molar-refractivity contribution in [1.82, 2.24) is 10.4 Å². The number of hydrogen-bond donors (Lipinski definition) is 2. The molecule has 0 unspecified atom stereocenters. The van der Waals surface area contributed by atoms with Crippen LogP contribution in [0.15, 0.2) is 23.7 Å². The van der Waals surface area contributed by atoms with E-state index in [1.807, 2.05) is 11.6 Å². The smallest absolute Gasteiger partial charge is 0.0815 e. The highest BCUT2D eigenvalue weighted by atomic mass is 32.1. The maximum Gasteiger partial charge on any atom is 0.0815 e. The number of hydrogen-bond acceptors (Lipinski definition) is 4. The summed E-state index contributed by atoms with van der Waals surface area (Å²) in [6, 6.07) is 6.17. The van der Waals surface area contributed by atoms with Crippen LogP contribution in [-0.2, 0) is 6.54 Å². The van der Waals surface area contributed by atoms with E-state index < -0.39 is 0 Å². The van der Waals surface area contributed by atoms with Crippen LogP contribution in [0.25, 0.3) is 10.2 Å². The normalized spacial score (nSPS) is 10.8. The summed E-state index contributed by atoms with van der Waals surface area (Å²) >= 11 is 1.65. The van der Waals surface area contributed by atoms with Crippen LogP contribution in [0.3, 0.4) is 0 Å². The van der Waals surface area contributed by atoms with Gasteiger partial charge in [0.1, 0.15) is 0 Å². The van der Waals surface area contributed by atoms with E-state index in [9.17, 15) is 0 Å². The summed E-state index contributed by atoms with van der Waals surface area (Å²) in [5.41, 5.74) is 6.68. The van der Waals surface area contributed by atoms with Gasteiger partial charge in [0.2, 0.25) is 0 Å². The molecule has 0 fully saturated rings. The molecule has 62 valence electrons. The Hall–Kier alpha value is -0.970. The van der Waals surface area contributed by atoms with E-state index in [4.69, 9.17) is 5.84 Å². The zero-order valence-corrected chi connectivity index (χ0v) is 7.27.